The number of carbonyl (C=O) groups is 1. The van der Waals surface area contributed by atoms with Gasteiger partial charge in [0.1, 0.15) is 0 Å². The van der Waals surface area contributed by atoms with Crippen molar-refractivity contribution in [1.29, 1.82) is 0 Å². The molecule has 1 saturated heterocycles. The standard InChI is InChI=1S/C34H42F3N3O2/c1-3-5-9-24-10-6-13-27(20-24)40-29(4-2)28(34(35,36)37)22-31(40)33(42)38-26-12-7-11-25(21-26)30(18-17-23-15-16-23)39-19-8-14-32(39)41/h6-7,10-13,20-23,30,33,38,42H,3-5,8-9,14-19H2,1-2H3. The van der Waals surface area contributed by atoms with E-state index in [1.165, 1.54) is 12.8 Å². The fourth-order valence-corrected chi connectivity index (χ4v) is 6.27. The first kappa shape index (κ1) is 30.2. The molecule has 1 aliphatic carbocycles. The molecular weight excluding hydrogens is 539 g/mol. The van der Waals surface area contributed by atoms with E-state index in [0.717, 1.165) is 68.2 Å². The minimum Gasteiger partial charge on any atom is -0.368 e. The molecule has 1 aliphatic heterocycles. The summed E-state index contributed by atoms with van der Waals surface area (Å²) in [4.78, 5) is 14.6. The molecule has 1 saturated carbocycles. The zero-order valence-electron chi connectivity index (χ0n) is 24.6. The van der Waals surface area contributed by atoms with Gasteiger partial charge >= 0.3 is 6.18 Å². The first-order chi connectivity index (χ1) is 20.2. The highest BCUT2D eigenvalue weighted by Crippen LogP contribution is 2.40. The predicted octanol–water partition coefficient (Wildman–Crippen LogP) is 8.36. The van der Waals surface area contributed by atoms with E-state index in [2.05, 4.69) is 12.2 Å². The van der Waals surface area contributed by atoms with E-state index in [4.69, 9.17) is 0 Å². The molecule has 226 valence electrons. The minimum absolute atomic E-state index is 0.0438. The molecule has 0 radical (unpaired) electrons. The molecule has 1 aromatic heterocycles. The summed E-state index contributed by atoms with van der Waals surface area (Å²) in [6.07, 6.45) is 2.92. The maximum atomic E-state index is 14.2. The van der Waals surface area contributed by atoms with Crippen LogP contribution in [0.1, 0.15) is 106 Å². The SMILES string of the molecule is CCCCc1cccc(-n2c(C(O)Nc3cccc(C(CCC4CC4)N4CCCC4=O)c3)cc(C(F)(F)F)c2CC)c1. The molecule has 2 aromatic carbocycles. The maximum Gasteiger partial charge on any atom is 0.418 e. The van der Waals surface area contributed by atoms with Gasteiger partial charge in [-0.05, 0) is 85.9 Å². The van der Waals surface area contributed by atoms with Crippen LogP contribution in [0.2, 0.25) is 0 Å². The van der Waals surface area contributed by atoms with Crippen molar-refractivity contribution in [3.05, 3.63) is 82.7 Å². The lowest BCUT2D eigenvalue weighted by Gasteiger charge is -2.29. The number of hydrogen-bond acceptors (Lipinski definition) is 3. The van der Waals surface area contributed by atoms with Crippen LogP contribution < -0.4 is 5.32 Å². The largest absolute Gasteiger partial charge is 0.418 e. The van der Waals surface area contributed by atoms with Crippen LogP contribution in [0.5, 0.6) is 0 Å². The molecule has 2 aliphatic rings. The molecule has 8 heteroatoms. The number of aryl methyl sites for hydroxylation is 1. The Balaban J connectivity index is 1.47. The highest BCUT2D eigenvalue weighted by Gasteiger charge is 2.38. The number of amides is 1. The third kappa shape index (κ3) is 6.86. The van der Waals surface area contributed by atoms with Gasteiger partial charge in [-0.3, -0.25) is 4.79 Å². The van der Waals surface area contributed by atoms with E-state index in [1.807, 2.05) is 41.3 Å². The van der Waals surface area contributed by atoms with Gasteiger partial charge < -0.3 is 19.9 Å². The van der Waals surface area contributed by atoms with Crippen LogP contribution in [-0.4, -0.2) is 27.0 Å². The summed E-state index contributed by atoms with van der Waals surface area (Å²) in [7, 11) is 0. The summed E-state index contributed by atoms with van der Waals surface area (Å²) < 4.78 is 44.1. The van der Waals surface area contributed by atoms with Gasteiger partial charge in [-0.15, -0.1) is 0 Å². The van der Waals surface area contributed by atoms with E-state index in [0.29, 0.717) is 17.8 Å². The molecule has 5 nitrogen and oxygen atoms in total. The number of halogens is 3. The number of unbranched alkanes of at least 4 members (excludes halogenated alkanes) is 1. The van der Waals surface area contributed by atoms with Crippen molar-refractivity contribution in [2.24, 2.45) is 5.92 Å². The number of rotatable bonds is 13. The van der Waals surface area contributed by atoms with Gasteiger partial charge in [-0.25, -0.2) is 0 Å². The summed E-state index contributed by atoms with van der Waals surface area (Å²) in [6, 6.07) is 16.2. The molecule has 2 heterocycles. The van der Waals surface area contributed by atoms with Crippen LogP contribution in [0.4, 0.5) is 18.9 Å². The number of nitrogens with one attached hydrogen (secondary N) is 1. The van der Waals surface area contributed by atoms with Crippen molar-refractivity contribution in [3.8, 4) is 5.69 Å². The van der Waals surface area contributed by atoms with Crippen molar-refractivity contribution < 1.29 is 23.1 Å². The minimum atomic E-state index is -4.55. The maximum absolute atomic E-state index is 14.2. The van der Waals surface area contributed by atoms with Crippen LogP contribution in [-0.2, 0) is 23.8 Å². The lowest BCUT2D eigenvalue weighted by Crippen LogP contribution is -2.30. The second-order valence-electron chi connectivity index (χ2n) is 11.8. The van der Waals surface area contributed by atoms with Gasteiger partial charge in [0.15, 0.2) is 6.23 Å². The van der Waals surface area contributed by atoms with Gasteiger partial charge in [-0.1, -0.05) is 57.4 Å². The number of aromatic nitrogens is 1. The fraction of sp³-hybridized carbons (Fsp3) is 0.500. The Labute approximate surface area is 246 Å². The normalized spacial score (nSPS) is 17.1. The highest BCUT2D eigenvalue weighted by molar-refractivity contribution is 5.78. The topological polar surface area (TPSA) is 57.5 Å². The van der Waals surface area contributed by atoms with Crippen molar-refractivity contribution >= 4 is 11.6 Å². The van der Waals surface area contributed by atoms with Crippen LogP contribution >= 0.6 is 0 Å². The summed E-state index contributed by atoms with van der Waals surface area (Å²) >= 11 is 0. The molecule has 0 bridgehead atoms. The molecular formula is C34H42F3N3O2. The lowest BCUT2D eigenvalue weighted by molar-refractivity contribution is -0.138. The quantitative estimate of drug-likeness (QED) is 0.200. The number of carbonyl (C=O) groups excluding carboxylic acids is 1. The molecule has 42 heavy (non-hydrogen) atoms. The summed E-state index contributed by atoms with van der Waals surface area (Å²) in [5.41, 5.74) is 2.75. The molecule has 2 unspecified atom stereocenters. The monoisotopic (exact) mass is 581 g/mol. The number of likely N-dealkylation sites (tertiary alicyclic amines) is 1. The smallest absolute Gasteiger partial charge is 0.368 e. The van der Waals surface area contributed by atoms with Crippen molar-refractivity contribution in [3.63, 3.8) is 0 Å². The predicted molar refractivity (Wildman–Crippen MR) is 159 cm³/mol. The van der Waals surface area contributed by atoms with Gasteiger partial charge in [0, 0.05) is 30.0 Å². The van der Waals surface area contributed by atoms with Gasteiger partial charge in [0.2, 0.25) is 5.91 Å². The van der Waals surface area contributed by atoms with Crippen LogP contribution in [0.3, 0.4) is 0 Å². The van der Waals surface area contributed by atoms with Crippen LogP contribution in [0.25, 0.3) is 5.69 Å². The molecule has 5 rings (SSSR count). The summed E-state index contributed by atoms with van der Waals surface area (Å²) in [5, 5.41) is 14.5. The molecule has 2 N–H and O–H groups in total. The van der Waals surface area contributed by atoms with Gasteiger partial charge in [0.25, 0.3) is 0 Å². The third-order valence-corrected chi connectivity index (χ3v) is 8.65. The molecule has 3 aromatic rings. The Hall–Kier alpha value is -3.26. The Kier molecular flexibility index (Phi) is 9.31. The van der Waals surface area contributed by atoms with Crippen LogP contribution in [0.15, 0.2) is 54.6 Å². The Bertz CT molecular complexity index is 1380. The number of anilines is 1. The van der Waals surface area contributed by atoms with E-state index in [1.54, 1.807) is 23.6 Å². The van der Waals surface area contributed by atoms with Crippen LogP contribution in [0, 0.1) is 5.92 Å². The number of aliphatic hydroxyl groups is 1. The third-order valence-electron chi connectivity index (χ3n) is 8.65. The van der Waals surface area contributed by atoms with Crippen molar-refractivity contribution in [1.82, 2.24) is 9.47 Å². The molecule has 2 atom stereocenters. The van der Waals surface area contributed by atoms with E-state index in [9.17, 15) is 23.1 Å². The van der Waals surface area contributed by atoms with E-state index >= 15 is 0 Å². The second-order valence-corrected chi connectivity index (χ2v) is 11.8. The summed E-state index contributed by atoms with van der Waals surface area (Å²) in [5.74, 6) is 0.900. The zero-order valence-corrected chi connectivity index (χ0v) is 24.6. The van der Waals surface area contributed by atoms with Gasteiger partial charge in [0.05, 0.1) is 17.3 Å². The number of hydrogen-bond donors (Lipinski definition) is 2. The molecule has 1 amide bonds. The lowest BCUT2D eigenvalue weighted by atomic mass is 9.98. The average molecular weight is 582 g/mol. The number of nitrogens with zero attached hydrogens (tertiary/aromatic N) is 2. The van der Waals surface area contributed by atoms with Gasteiger partial charge in [-0.2, -0.15) is 13.2 Å². The Morgan fingerprint density at radius 2 is 1.86 bits per heavy atom. The van der Waals surface area contributed by atoms with E-state index < -0.39 is 18.0 Å². The average Bonchev–Trinajstić information content (AvgIpc) is 3.56. The zero-order chi connectivity index (χ0) is 29.9. The number of benzene rings is 2. The second kappa shape index (κ2) is 12.9. The molecule has 0 spiro atoms. The Morgan fingerprint density at radius 1 is 1.07 bits per heavy atom. The number of aliphatic hydroxyl groups excluding tert-OH is 1. The first-order valence-corrected chi connectivity index (χ1v) is 15.4. The first-order valence-electron chi connectivity index (χ1n) is 15.4. The highest BCUT2D eigenvalue weighted by atomic mass is 19.4. The Morgan fingerprint density at radius 3 is 2.52 bits per heavy atom. The summed E-state index contributed by atoms with van der Waals surface area (Å²) in [6.45, 7) is 4.55. The van der Waals surface area contributed by atoms with Crippen molar-refractivity contribution in [2.45, 2.75) is 96.5 Å². The number of alkyl halides is 3. The van der Waals surface area contributed by atoms with Crippen molar-refractivity contribution in [2.75, 3.05) is 11.9 Å². The molecule has 2 fully saturated rings. The van der Waals surface area contributed by atoms with E-state index in [-0.39, 0.29) is 29.8 Å². The fourth-order valence-electron chi connectivity index (χ4n) is 6.27.